The second-order valence-electron chi connectivity index (χ2n) is 5.29. The molecule has 1 N–H and O–H groups in total. The van der Waals surface area contributed by atoms with Gasteiger partial charge in [-0.25, -0.2) is 4.79 Å². The third-order valence-corrected chi connectivity index (χ3v) is 4.85. The Morgan fingerprint density at radius 2 is 1.88 bits per heavy atom. The Kier molecular flexibility index (Phi) is 6.40. The molecule has 128 valence electrons. The molecule has 0 saturated heterocycles. The minimum absolute atomic E-state index is 0.278. The van der Waals surface area contributed by atoms with Crippen molar-refractivity contribution >= 4 is 39.8 Å². The Labute approximate surface area is 150 Å². The second kappa shape index (κ2) is 8.31. The third kappa shape index (κ3) is 4.16. The first kappa shape index (κ1) is 18.5. The molecule has 2 aromatic rings. The number of carbonyl (C=O) groups is 2. The summed E-state index contributed by atoms with van der Waals surface area (Å²) in [6, 6.07) is 6.61. The Morgan fingerprint density at radius 3 is 2.46 bits per heavy atom. The number of anilines is 1. The predicted molar refractivity (Wildman–Crippen MR) is 98.4 cm³/mol. The van der Waals surface area contributed by atoms with Crippen molar-refractivity contribution in [3.8, 4) is 0 Å². The molecule has 0 spiro atoms. The summed E-state index contributed by atoms with van der Waals surface area (Å²) < 4.78 is 5.28. The summed E-state index contributed by atoms with van der Waals surface area (Å²) in [5, 5.41) is 3.93. The number of ether oxygens (including phenoxy) is 1. The van der Waals surface area contributed by atoms with Crippen LogP contribution in [0.15, 0.2) is 24.3 Å². The van der Waals surface area contributed by atoms with E-state index in [4.69, 9.17) is 16.3 Å². The van der Waals surface area contributed by atoms with Gasteiger partial charge in [-0.3, -0.25) is 4.79 Å². The summed E-state index contributed by atoms with van der Waals surface area (Å²) in [6.45, 7) is 6.23. The van der Waals surface area contributed by atoms with E-state index in [2.05, 4.69) is 5.32 Å². The Balaban J connectivity index is 2.30. The van der Waals surface area contributed by atoms with E-state index in [0.717, 1.165) is 16.9 Å². The van der Waals surface area contributed by atoms with E-state index < -0.39 is 0 Å². The van der Waals surface area contributed by atoms with Crippen LogP contribution in [0.25, 0.3) is 0 Å². The van der Waals surface area contributed by atoms with Crippen LogP contribution in [0.2, 0.25) is 5.02 Å². The van der Waals surface area contributed by atoms with Crippen LogP contribution < -0.4 is 5.32 Å². The van der Waals surface area contributed by atoms with Gasteiger partial charge in [0.05, 0.1) is 12.2 Å². The second-order valence-corrected chi connectivity index (χ2v) is 6.95. The van der Waals surface area contributed by atoms with Crippen LogP contribution in [0, 0.1) is 6.92 Å². The lowest BCUT2D eigenvalue weighted by Crippen LogP contribution is -2.15. The molecule has 0 unspecified atom stereocenters. The van der Waals surface area contributed by atoms with Gasteiger partial charge in [0.25, 0.3) is 5.91 Å². The molecular formula is C18H20ClNO3S. The fourth-order valence-electron chi connectivity index (χ4n) is 2.35. The van der Waals surface area contributed by atoms with E-state index in [1.165, 1.54) is 11.3 Å². The smallest absolute Gasteiger partial charge is 0.341 e. The monoisotopic (exact) mass is 365 g/mol. The highest BCUT2D eigenvalue weighted by Gasteiger charge is 2.23. The molecule has 4 nitrogen and oxygen atoms in total. The number of amides is 1. The summed E-state index contributed by atoms with van der Waals surface area (Å²) in [5.74, 6) is -0.662. The Hall–Kier alpha value is -1.85. The number of nitrogens with one attached hydrogen (secondary N) is 1. The number of halogens is 1. The number of rotatable bonds is 6. The van der Waals surface area contributed by atoms with Crippen LogP contribution in [0.4, 0.5) is 5.00 Å². The summed E-state index contributed by atoms with van der Waals surface area (Å²) in [4.78, 5) is 25.8. The van der Waals surface area contributed by atoms with Gasteiger partial charge in [0.2, 0.25) is 0 Å². The van der Waals surface area contributed by atoms with Crippen molar-refractivity contribution in [3.63, 3.8) is 0 Å². The average molecular weight is 366 g/mol. The molecule has 1 amide bonds. The van der Waals surface area contributed by atoms with Crippen LogP contribution in [0.1, 0.15) is 51.4 Å². The summed E-state index contributed by atoms with van der Waals surface area (Å²) in [6.07, 6.45) is 1.46. The molecule has 24 heavy (non-hydrogen) atoms. The van der Waals surface area contributed by atoms with E-state index in [9.17, 15) is 9.59 Å². The van der Waals surface area contributed by atoms with Crippen molar-refractivity contribution in [2.75, 3.05) is 11.9 Å². The Morgan fingerprint density at radius 1 is 1.21 bits per heavy atom. The molecule has 0 aliphatic rings. The molecule has 0 aliphatic heterocycles. The van der Waals surface area contributed by atoms with Gasteiger partial charge in [-0.15, -0.1) is 11.3 Å². The van der Waals surface area contributed by atoms with E-state index in [1.807, 2.05) is 20.8 Å². The van der Waals surface area contributed by atoms with Crippen LogP contribution in [0.5, 0.6) is 0 Å². The van der Waals surface area contributed by atoms with Crippen molar-refractivity contribution in [2.24, 2.45) is 0 Å². The number of carbonyl (C=O) groups excluding carboxylic acids is 2. The van der Waals surface area contributed by atoms with Crippen molar-refractivity contribution in [1.29, 1.82) is 0 Å². The van der Waals surface area contributed by atoms with Crippen LogP contribution in [-0.4, -0.2) is 18.5 Å². The lowest BCUT2D eigenvalue weighted by atomic mass is 10.1. The number of esters is 1. The normalized spacial score (nSPS) is 10.5. The van der Waals surface area contributed by atoms with Crippen molar-refractivity contribution in [1.82, 2.24) is 0 Å². The molecule has 1 aromatic heterocycles. The van der Waals surface area contributed by atoms with Gasteiger partial charge in [0, 0.05) is 15.5 Å². The maximum Gasteiger partial charge on any atom is 0.341 e. The van der Waals surface area contributed by atoms with Gasteiger partial charge in [0.1, 0.15) is 5.00 Å². The number of benzene rings is 1. The van der Waals surface area contributed by atoms with E-state index in [1.54, 1.807) is 24.3 Å². The SMILES string of the molecule is CCCOC(=O)c1c(NC(=O)c2ccc(Cl)cc2)sc(C)c1CC. The molecule has 0 atom stereocenters. The van der Waals surface area contributed by atoms with Crippen LogP contribution in [0.3, 0.4) is 0 Å². The highest BCUT2D eigenvalue weighted by Crippen LogP contribution is 2.34. The minimum Gasteiger partial charge on any atom is -0.462 e. The maximum absolute atomic E-state index is 12.4. The molecule has 6 heteroatoms. The third-order valence-electron chi connectivity index (χ3n) is 3.54. The molecule has 0 radical (unpaired) electrons. The van der Waals surface area contributed by atoms with Crippen molar-refractivity contribution < 1.29 is 14.3 Å². The lowest BCUT2D eigenvalue weighted by Gasteiger charge is -2.08. The molecule has 1 aromatic carbocycles. The highest BCUT2D eigenvalue weighted by molar-refractivity contribution is 7.16. The first-order valence-electron chi connectivity index (χ1n) is 7.84. The van der Waals surface area contributed by atoms with Gasteiger partial charge in [-0.05, 0) is 49.6 Å². The van der Waals surface area contributed by atoms with Gasteiger partial charge < -0.3 is 10.1 Å². The molecule has 0 bridgehead atoms. The summed E-state index contributed by atoms with van der Waals surface area (Å²) in [5.41, 5.74) is 1.87. The number of thiophene rings is 1. The topological polar surface area (TPSA) is 55.4 Å². The van der Waals surface area contributed by atoms with Gasteiger partial charge in [-0.2, -0.15) is 0 Å². The summed E-state index contributed by atoms with van der Waals surface area (Å²) in [7, 11) is 0. The molecule has 0 fully saturated rings. The summed E-state index contributed by atoms with van der Waals surface area (Å²) >= 11 is 7.24. The first-order valence-corrected chi connectivity index (χ1v) is 9.03. The molecule has 0 saturated carbocycles. The quantitative estimate of drug-likeness (QED) is 0.725. The standard InChI is InChI=1S/C18H20ClNO3S/c1-4-10-23-18(22)15-14(5-2)11(3)24-17(15)20-16(21)12-6-8-13(19)9-7-12/h6-9H,4-5,10H2,1-3H3,(H,20,21). The fourth-order valence-corrected chi connectivity index (χ4v) is 3.61. The lowest BCUT2D eigenvalue weighted by molar-refractivity contribution is 0.0505. The van der Waals surface area contributed by atoms with Crippen LogP contribution in [-0.2, 0) is 11.2 Å². The van der Waals surface area contributed by atoms with Gasteiger partial charge in [-0.1, -0.05) is 25.4 Å². The molecule has 1 heterocycles. The number of hydrogen-bond acceptors (Lipinski definition) is 4. The van der Waals surface area contributed by atoms with E-state index in [0.29, 0.717) is 34.2 Å². The van der Waals surface area contributed by atoms with Gasteiger partial charge in [0.15, 0.2) is 0 Å². The first-order chi connectivity index (χ1) is 11.5. The minimum atomic E-state index is -0.385. The zero-order valence-electron chi connectivity index (χ0n) is 13.9. The van der Waals surface area contributed by atoms with Crippen molar-refractivity contribution in [3.05, 3.63) is 50.9 Å². The number of aryl methyl sites for hydroxylation is 1. The number of hydrogen-bond donors (Lipinski definition) is 1. The highest BCUT2D eigenvalue weighted by atomic mass is 35.5. The maximum atomic E-state index is 12.4. The zero-order chi connectivity index (χ0) is 17.7. The van der Waals surface area contributed by atoms with E-state index >= 15 is 0 Å². The van der Waals surface area contributed by atoms with Crippen LogP contribution >= 0.6 is 22.9 Å². The van der Waals surface area contributed by atoms with Crippen molar-refractivity contribution in [2.45, 2.75) is 33.6 Å². The van der Waals surface area contributed by atoms with E-state index in [-0.39, 0.29) is 11.9 Å². The molecule has 2 rings (SSSR count). The zero-order valence-corrected chi connectivity index (χ0v) is 15.5. The fraction of sp³-hybridized carbons (Fsp3) is 0.333. The Bertz CT molecular complexity index is 737. The largest absolute Gasteiger partial charge is 0.462 e. The average Bonchev–Trinajstić information content (AvgIpc) is 2.88. The molecular weight excluding hydrogens is 346 g/mol. The van der Waals surface area contributed by atoms with Gasteiger partial charge >= 0.3 is 5.97 Å². The molecule has 0 aliphatic carbocycles. The predicted octanol–water partition coefficient (Wildman–Crippen LogP) is 5.09.